The van der Waals surface area contributed by atoms with Gasteiger partial charge in [-0.05, 0) is 41.3 Å². The topological polar surface area (TPSA) is 37.4 Å². The van der Waals surface area contributed by atoms with E-state index in [0.717, 1.165) is 32.1 Å². The van der Waals surface area contributed by atoms with Crippen molar-refractivity contribution in [2.45, 2.75) is 19.1 Å². The van der Waals surface area contributed by atoms with Gasteiger partial charge in [-0.2, -0.15) is 0 Å². The van der Waals surface area contributed by atoms with Crippen LogP contribution in [0.25, 0.3) is 10.1 Å². The minimum Gasteiger partial charge on any atom is -0.376 e. The van der Waals surface area contributed by atoms with Crippen LogP contribution in [0.2, 0.25) is 0 Å². The summed E-state index contributed by atoms with van der Waals surface area (Å²) in [5.41, 5.74) is 0. The molecule has 2 unspecified atom stereocenters. The fourth-order valence-corrected chi connectivity index (χ4v) is 4.95. The number of nitrogens with zero attached hydrogens (tertiary/aromatic N) is 2. The molecule has 1 saturated heterocycles. The maximum Gasteiger partial charge on any atom is 0.144 e. The van der Waals surface area contributed by atoms with Crippen LogP contribution in [0.4, 0.5) is 5.82 Å². The maximum atomic E-state index is 5.72. The summed E-state index contributed by atoms with van der Waals surface area (Å²) in [5, 5.41) is 9.13. The van der Waals surface area contributed by atoms with E-state index in [-0.39, 0.29) is 0 Å². The molecule has 24 heavy (non-hydrogen) atoms. The second kappa shape index (κ2) is 7.19. The highest BCUT2D eigenvalue weighted by molar-refractivity contribution is 7.17. The molecule has 2 atom stereocenters. The summed E-state index contributed by atoms with van der Waals surface area (Å²) in [7, 11) is 0. The van der Waals surface area contributed by atoms with Crippen molar-refractivity contribution in [1.29, 1.82) is 0 Å². The Bertz CT molecular complexity index is 787. The number of ether oxygens (including phenoxy) is 1. The van der Waals surface area contributed by atoms with Crippen LogP contribution in [0.1, 0.15) is 17.8 Å². The fraction of sp³-hybridized carbons (Fsp3) is 0.389. The van der Waals surface area contributed by atoms with Crippen LogP contribution < -0.4 is 5.32 Å². The third kappa shape index (κ3) is 3.32. The molecule has 0 amide bonds. The van der Waals surface area contributed by atoms with Crippen molar-refractivity contribution in [1.82, 2.24) is 9.88 Å². The third-order valence-corrected chi connectivity index (χ3v) is 6.33. The number of thiophene rings is 2. The fourth-order valence-electron chi connectivity index (χ4n) is 3.23. The van der Waals surface area contributed by atoms with Crippen molar-refractivity contribution in [2.75, 3.05) is 31.6 Å². The smallest absolute Gasteiger partial charge is 0.144 e. The molecule has 3 aromatic heterocycles. The SMILES string of the molecule is CC1CN(C(CNc2nccc3ccsc23)c2cccs2)CCO1. The maximum absolute atomic E-state index is 5.72. The lowest BCUT2D eigenvalue weighted by molar-refractivity contribution is -0.0322. The van der Waals surface area contributed by atoms with Crippen molar-refractivity contribution in [3.63, 3.8) is 0 Å². The first-order chi connectivity index (χ1) is 11.8. The third-order valence-electron chi connectivity index (χ3n) is 4.42. The molecule has 1 N–H and O–H groups in total. The molecule has 1 fully saturated rings. The van der Waals surface area contributed by atoms with Crippen molar-refractivity contribution in [3.05, 3.63) is 46.1 Å². The zero-order valence-corrected chi connectivity index (χ0v) is 15.3. The van der Waals surface area contributed by atoms with Gasteiger partial charge in [0.1, 0.15) is 5.82 Å². The lowest BCUT2D eigenvalue weighted by Crippen LogP contribution is -2.44. The van der Waals surface area contributed by atoms with E-state index in [9.17, 15) is 0 Å². The van der Waals surface area contributed by atoms with Gasteiger partial charge >= 0.3 is 0 Å². The molecule has 0 bridgehead atoms. The average molecular weight is 360 g/mol. The van der Waals surface area contributed by atoms with Gasteiger partial charge in [0, 0.05) is 30.7 Å². The molecule has 6 heteroatoms. The molecule has 0 saturated carbocycles. The second-order valence-corrected chi connectivity index (χ2v) is 7.98. The summed E-state index contributed by atoms with van der Waals surface area (Å²) in [4.78, 5) is 8.48. The lowest BCUT2D eigenvalue weighted by Gasteiger charge is -2.37. The quantitative estimate of drug-likeness (QED) is 0.740. The van der Waals surface area contributed by atoms with Crippen LogP contribution in [0.15, 0.2) is 41.2 Å². The number of hydrogen-bond donors (Lipinski definition) is 1. The standard InChI is InChI=1S/C18H21N3OS2/c1-13-12-21(7-8-22-13)15(16-3-2-9-23-16)11-20-18-17-14(4-6-19-18)5-10-24-17/h2-6,9-10,13,15H,7-8,11-12H2,1H3,(H,19,20). The number of anilines is 1. The predicted molar refractivity (Wildman–Crippen MR) is 102 cm³/mol. The highest BCUT2D eigenvalue weighted by Gasteiger charge is 2.26. The molecule has 3 aromatic rings. The van der Waals surface area contributed by atoms with Gasteiger partial charge in [-0.3, -0.25) is 4.90 Å². The minimum absolute atomic E-state index is 0.292. The Morgan fingerprint density at radius 3 is 3.12 bits per heavy atom. The lowest BCUT2D eigenvalue weighted by atomic mass is 10.1. The molecule has 0 aliphatic carbocycles. The van der Waals surface area contributed by atoms with Crippen molar-refractivity contribution in [3.8, 4) is 0 Å². The first-order valence-corrected chi connectivity index (χ1v) is 10.0. The van der Waals surface area contributed by atoms with Crippen LogP contribution in [0.5, 0.6) is 0 Å². The van der Waals surface area contributed by atoms with Crippen molar-refractivity contribution in [2.24, 2.45) is 0 Å². The summed E-state index contributed by atoms with van der Waals surface area (Å²) in [6.07, 6.45) is 2.18. The van der Waals surface area contributed by atoms with Crippen LogP contribution in [-0.4, -0.2) is 42.2 Å². The van der Waals surface area contributed by atoms with Gasteiger partial charge in [-0.1, -0.05) is 6.07 Å². The first-order valence-electron chi connectivity index (χ1n) is 8.26. The Morgan fingerprint density at radius 1 is 1.33 bits per heavy atom. The zero-order chi connectivity index (χ0) is 16.4. The summed E-state index contributed by atoms with van der Waals surface area (Å²) in [5.74, 6) is 0.991. The van der Waals surface area contributed by atoms with Crippen LogP contribution in [-0.2, 0) is 4.74 Å². The van der Waals surface area contributed by atoms with Crippen LogP contribution >= 0.6 is 22.7 Å². The van der Waals surface area contributed by atoms with Crippen molar-refractivity contribution < 1.29 is 4.74 Å². The highest BCUT2D eigenvalue weighted by Crippen LogP contribution is 2.30. The van der Waals surface area contributed by atoms with Gasteiger partial charge < -0.3 is 10.1 Å². The molecular weight excluding hydrogens is 338 g/mol. The summed E-state index contributed by atoms with van der Waals surface area (Å²) >= 11 is 3.57. The number of fused-ring (bicyclic) bond motifs is 1. The molecule has 4 rings (SSSR count). The Morgan fingerprint density at radius 2 is 2.29 bits per heavy atom. The van der Waals surface area contributed by atoms with Crippen molar-refractivity contribution >= 4 is 38.6 Å². The van der Waals surface area contributed by atoms with E-state index in [1.54, 1.807) is 11.3 Å². The van der Waals surface area contributed by atoms with E-state index in [1.165, 1.54) is 15.0 Å². The Kier molecular flexibility index (Phi) is 4.80. The van der Waals surface area contributed by atoms with E-state index < -0.39 is 0 Å². The van der Waals surface area contributed by atoms with E-state index in [0.29, 0.717) is 12.1 Å². The Labute approximate surface area is 150 Å². The van der Waals surface area contributed by atoms with Gasteiger partial charge in [0.05, 0.1) is 23.5 Å². The van der Waals surface area contributed by atoms with Crippen LogP contribution in [0.3, 0.4) is 0 Å². The second-order valence-electron chi connectivity index (χ2n) is 6.09. The molecule has 126 valence electrons. The molecule has 4 heterocycles. The van der Waals surface area contributed by atoms with Gasteiger partial charge in [-0.15, -0.1) is 22.7 Å². The number of rotatable bonds is 5. The number of hydrogen-bond acceptors (Lipinski definition) is 6. The number of pyridine rings is 1. The monoisotopic (exact) mass is 359 g/mol. The van der Waals surface area contributed by atoms with Gasteiger partial charge in [-0.25, -0.2) is 4.98 Å². The first kappa shape index (κ1) is 16.0. The Hall–Kier alpha value is -1.47. The molecule has 1 aliphatic rings. The molecule has 4 nitrogen and oxygen atoms in total. The van der Waals surface area contributed by atoms with E-state index in [4.69, 9.17) is 4.74 Å². The van der Waals surface area contributed by atoms with E-state index in [2.05, 4.69) is 57.2 Å². The van der Waals surface area contributed by atoms with E-state index in [1.807, 2.05) is 17.5 Å². The predicted octanol–water partition coefficient (Wildman–Crippen LogP) is 4.23. The molecule has 0 aromatic carbocycles. The largest absolute Gasteiger partial charge is 0.376 e. The van der Waals surface area contributed by atoms with Gasteiger partial charge in [0.25, 0.3) is 0 Å². The summed E-state index contributed by atoms with van der Waals surface area (Å²) in [6, 6.07) is 8.93. The number of nitrogens with one attached hydrogen (secondary N) is 1. The molecule has 0 spiro atoms. The number of morpholine rings is 1. The van der Waals surface area contributed by atoms with Crippen LogP contribution in [0, 0.1) is 0 Å². The highest BCUT2D eigenvalue weighted by atomic mass is 32.1. The van der Waals surface area contributed by atoms with E-state index >= 15 is 0 Å². The van der Waals surface area contributed by atoms with Gasteiger partial charge in [0.2, 0.25) is 0 Å². The molecule has 0 radical (unpaired) electrons. The summed E-state index contributed by atoms with van der Waals surface area (Å²) < 4.78 is 6.95. The minimum atomic E-state index is 0.292. The number of aromatic nitrogens is 1. The molecular formula is C18H21N3OS2. The average Bonchev–Trinajstić information content (AvgIpc) is 3.27. The molecule has 1 aliphatic heterocycles. The normalized spacial score (nSPS) is 20.3. The summed E-state index contributed by atoms with van der Waals surface area (Å²) in [6.45, 7) is 5.77. The Balaban J connectivity index is 1.55. The zero-order valence-electron chi connectivity index (χ0n) is 13.6. The van der Waals surface area contributed by atoms with Gasteiger partial charge in [0.15, 0.2) is 0 Å².